The molecule has 2 amide bonds. The number of amides is 2. The first-order valence-electron chi connectivity index (χ1n) is 8.38. The zero-order chi connectivity index (χ0) is 17.6. The summed E-state index contributed by atoms with van der Waals surface area (Å²) in [6.45, 7) is 5.65. The molecule has 1 aliphatic heterocycles. The molecule has 0 bridgehead atoms. The first-order chi connectivity index (χ1) is 12.1. The van der Waals surface area contributed by atoms with Crippen molar-refractivity contribution in [2.45, 2.75) is 19.5 Å². The standard InChI is InChI=1S/C18H22N4O2S/c1-14(20-17(23)16-3-2-12-25-16)18(24)22-10-8-21(9-11-22)13-15-4-6-19-7-5-15/h2-7,12,14H,8-11,13H2,1H3,(H,20,23). The molecule has 3 rings (SSSR count). The van der Waals surface area contributed by atoms with Crippen molar-refractivity contribution in [3.05, 3.63) is 52.5 Å². The Morgan fingerprint density at radius 2 is 1.92 bits per heavy atom. The second kappa shape index (κ2) is 8.22. The van der Waals surface area contributed by atoms with E-state index in [4.69, 9.17) is 0 Å². The van der Waals surface area contributed by atoms with Crippen LogP contribution in [0.1, 0.15) is 22.2 Å². The third kappa shape index (κ3) is 4.64. The molecule has 1 fully saturated rings. The Kier molecular flexibility index (Phi) is 5.78. The molecule has 2 aromatic rings. The molecule has 6 nitrogen and oxygen atoms in total. The quantitative estimate of drug-likeness (QED) is 0.882. The van der Waals surface area contributed by atoms with E-state index in [2.05, 4.69) is 15.2 Å². The monoisotopic (exact) mass is 358 g/mol. The summed E-state index contributed by atoms with van der Waals surface area (Å²) < 4.78 is 0. The van der Waals surface area contributed by atoms with Crippen molar-refractivity contribution in [1.82, 2.24) is 20.1 Å². The Bertz CT molecular complexity index is 697. The van der Waals surface area contributed by atoms with Crippen molar-refractivity contribution in [1.29, 1.82) is 0 Å². The van der Waals surface area contributed by atoms with Crippen molar-refractivity contribution in [2.75, 3.05) is 26.2 Å². The molecule has 1 atom stereocenters. The smallest absolute Gasteiger partial charge is 0.261 e. The van der Waals surface area contributed by atoms with Crippen LogP contribution in [0.4, 0.5) is 0 Å². The zero-order valence-electron chi connectivity index (χ0n) is 14.2. The van der Waals surface area contributed by atoms with Crippen LogP contribution in [0, 0.1) is 0 Å². The highest BCUT2D eigenvalue weighted by Crippen LogP contribution is 2.11. The van der Waals surface area contributed by atoms with Crippen molar-refractivity contribution < 1.29 is 9.59 Å². The van der Waals surface area contributed by atoms with E-state index in [0.29, 0.717) is 18.0 Å². The van der Waals surface area contributed by atoms with Gasteiger partial charge >= 0.3 is 0 Å². The number of hydrogen-bond donors (Lipinski definition) is 1. The molecule has 7 heteroatoms. The number of carbonyl (C=O) groups is 2. The minimum atomic E-state index is -0.513. The van der Waals surface area contributed by atoms with E-state index in [0.717, 1.165) is 19.6 Å². The van der Waals surface area contributed by atoms with E-state index >= 15 is 0 Å². The van der Waals surface area contributed by atoms with Gasteiger partial charge in [-0.2, -0.15) is 0 Å². The first kappa shape index (κ1) is 17.6. The fourth-order valence-electron chi connectivity index (χ4n) is 2.88. The Morgan fingerprint density at radius 3 is 2.56 bits per heavy atom. The van der Waals surface area contributed by atoms with Gasteiger partial charge in [0, 0.05) is 45.1 Å². The van der Waals surface area contributed by atoms with E-state index in [1.165, 1.54) is 16.9 Å². The lowest BCUT2D eigenvalue weighted by atomic mass is 10.2. The van der Waals surface area contributed by atoms with Crippen LogP contribution in [0.25, 0.3) is 0 Å². The zero-order valence-corrected chi connectivity index (χ0v) is 15.0. The number of pyridine rings is 1. The highest BCUT2D eigenvalue weighted by atomic mass is 32.1. The van der Waals surface area contributed by atoms with Crippen molar-refractivity contribution in [3.8, 4) is 0 Å². The van der Waals surface area contributed by atoms with E-state index < -0.39 is 6.04 Å². The molecule has 2 aromatic heterocycles. The molecule has 1 saturated heterocycles. The van der Waals surface area contributed by atoms with E-state index in [9.17, 15) is 9.59 Å². The van der Waals surface area contributed by atoms with Gasteiger partial charge in [-0.15, -0.1) is 11.3 Å². The SMILES string of the molecule is CC(NC(=O)c1cccs1)C(=O)N1CCN(Cc2ccncc2)CC1. The summed E-state index contributed by atoms with van der Waals surface area (Å²) in [7, 11) is 0. The summed E-state index contributed by atoms with van der Waals surface area (Å²) in [5, 5.41) is 4.64. The molecule has 1 unspecified atom stereocenters. The topological polar surface area (TPSA) is 65.5 Å². The molecule has 0 radical (unpaired) electrons. The third-order valence-electron chi connectivity index (χ3n) is 4.30. The lowest BCUT2D eigenvalue weighted by Gasteiger charge is -2.36. The average molecular weight is 358 g/mol. The van der Waals surface area contributed by atoms with Crippen LogP contribution in [-0.2, 0) is 11.3 Å². The van der Waals surface area contributed by atoms with E-state index in [1.807, 2.05) is 28.5 Å². The third-order valence-corrected chi connectivity index (χ3v) is 5.17. The predicted molar refractivity (Wildman–Crippen MR) is 97.3 cm³/mol. The van der Waals surface area contributed by atoms with Gasteiger partial charge in [-0.25, -0.2) is 0 Å². The summed E-state index contributed by atoms with van der Waals surface area (Å²) >= 11 is 1.37. The largest absolute Gasteiger partial charge is 0.340 e. The van der Waals surface area contributed by atoms with Gasteiger partial charge in [0.05, 0.1) is 4.88 Å². The highest BCUT2D eigenvalue weighted by Gasteiger charge is 2.26. The van der Waals surface area contributed by atoms with Crippen LogP contribution < -0.4 is 5.32 Å². The molecule has 25 heavy (non-hydrogen) atoms. The molecule has 132 valence electrons. The van der Waals surface area contributed by atoms with Crippen LogP contribution in [0.5, 0.6) is 0 Å². The summed E-state index contributed by atoms with van der Waals surface area (Å²) in [6.07, 6.45) is 3.60. The predicted octanol–water partition coefficient (Wildman–Crippen LogP) is 1.61. The van der Waals surface area contributed by atoms with Gasteiger partial charge in [0.25, 0.3) is 5.91 Å². The van der Waals surface area contributed by atoms with E-state index in [-0.39, 0.29) is 11.8 Å². The second-order valence-electron chi connectivity index (χ2n) is 6.13. The Balaban J connectivity index is 1.47. The maximum Gasteiger partial charge on any atom is 0.261 e. The van der Waals surface area contributed by atoms with Gasteiger partial charge in [0.2, 0.25) is 5.91 Å². The van der Waals surface area contributed by atoms with E-state index in [1.54, 1.807) is 25.4 Å². The fourth-order valence-corrected chi connectivity index (χ4v) is 3.51. The number of nitrogens with zero attached hydrogens (tertiary/aromatic N) is 3. The van der Waals surface area contributed by atoms with Gasteiger partial charge in [0.15, 0.2) is 0 Å². The molecule has 3 heterocycles. The fraction of sp³-hybridized carbons (Fsp3) is 0.389. The summed E-state index contributed by atoms with van der Waals surface area (Å²) in [4.78, 5) is 33.4. The molecule has 0 aliphatic carbocycles. The molecular formula is C18H22N4O2S. The molecule has 0 spiro atoms. The van der Waals surface area contributed by atoms with Crippen molar-refractivity contribution in [2.24, 2.45) is 0 Å². The summed E-state index contributed by atoms with van der Waals surface area (Å²) in [6, 6.07) is 7.10. The van der Waals surface area contributed by atoms with Gasteiger partial charge in [0.1, 0.15) is 6.04 Å². The van der Waals surface area contributed by atoms with Crippen molar-refractivity contribution >= 4 is 23.2 Å². The van der Waals surface area contributed by atoms with Crippen LogP contribution in [-0.4, -0.2) is 58.8 Å². The Morgan fingerprint density at radius 1 is 1.20 bits per heavy atom. The maximum absolute atomic E-state index is 12.6. The molecule has 0 aromatic carbocycles. The van der Waals surface area contributed by atoms with Gasteiger partial charge in [-0.1, -0.05) is 6.07 Å². The van der Waals surface area contributed by atoms with Crippen LogP contribution in [0.15, 0.2) is 42.0 Å². The molecule has 1 N–H and O–H groups in total. The lowest BCUT2D eigenvalue weighted by Crippen LogP contribution is -2.53. The summed E-state index contributed by atoms with van der Waals surface area (Å²) in [5.74, 6) is -0.208. The number of rotatable bonds is 5. The Hall–Kier alpha value is -2.25. The first-order valence-corrected chi connectivity index (χ1v) is 9.26. The van der Waals surface area contributed by atoms with Gasteiger partial charge in [-0.05, 0) is 36.1 Å². The van der Waals surface area contributed by atoms with Gasteiger partial charge < -0.3 is 10.2 Å². The molecule has 1 aliphatic rings. The minimum absolute atomic E-state index is 0.0199. The molecule has 0 saturated carbocycles. The Labute approximate surface area is 151 Å². The number of aromatic nitrogens is 1. The second-order valence-corrected chi connectivity index (χ2v) is 7.08. The number of hydrogen-bond acceptors (Lipinski definition) is 5. The number of carbonyl (C=O) groups excluding carboxylic acids is 2. The van der Waals surface area contributed by atoms with Crippen LogP contribution in [0.3, 0.4) is 0 Å². The van der Waals surface area contributed by atoms with Crippen LogP contribution >= 0.6 is 11.3 Å². The van der Waals surface area contributed by atoms with Crippen molar-refractivity contribution in [3.63, 3.8) is 0 Å². The maximum atomic E-state index is 12.6. The van der Waals surface area contributed by atoms with Gasteiger partial charge in [-0.3, -0.25) is 19.5 Å². The number of thiophene rings is 1. The molecular weight excluding hydrogens is 336 g/mol. The van der Waals surface area contributed by atoms with Crippen LogP contribution in [0.2, 0.25) is 0 Å². The summed E-state index contributed by atoms with van der Waals surface area (Å²) in [5.41, 5.74) is 1.23. The highest BCUT2D eigenvalue weighted by molar-refractivity contribution is 7.12. The average Bonchev–Trinajstić information content (AvgIpc) is 3.17. The lowest BCUT2D eigenvalue weighted by molar-refractivity contribution is -0.134. The minimum Gasteiger partial charge on any atom is -0.340 e. The number of piperazine rings is 1. The number of nitrogens with one attached hydrogen (secondary N) is 1. The normalized spacial score (nSPS) is 16.4.